The maximum Gasteiger partial charge on any atom is 0.294 e. The molecule has 7 nitrogen and oxygen atoms in total. The Hall–Kier alpha value is -2.52. The first kappa shape index (κ1) is 23.6. The number of imide groups is 1. The predicted octanol–water partition coefficient (Wildman–Crippen LogP) is 4.47. The van der Waals surface area contributed by atoms with Gasteiger partial charge in [0.2, 0.25) is 5.91 Å². The second-order valence-corrected chi connectivity index (χ2v) is 9.16. The number of carbonyl (C=O) groups excluding carboxylic acids is 3. The van der Waals surface area contributed by atoms with E-state index in [1.807, 2.05) is 30.3 Å². The van der Waals surface area contributed by atoms with Crippen LogP contribution in [0.2, 0.25) is 10.0 Å². The first-order valence-corrected chi connectivity index (χ1v) is 11.8. The topological polar surface area (TPSA) is 76.2 Å². The molecular weight excluding hydrogens is 487 g/mol. The van der Waals surface area contributed by atoms with Gasteiger partial charge in [-0.1, -0.05) is 53.5 Å². The Balaban J connectivity index is 1.45. The molecule has 172 valence electrons. The highest BCUT2D eigenvalue weighted by Gasteiger charge is 2.37. The second-order valence-electron chi connectivity index (χ2n) is 7.35. The lowest BCUT2D eigenvalue weighted by Crippen LogP contribution is -2.46. The number of benzene rings is 2. The molecule has 33 heavy (non-hydrogen) atoms. The average Bonchev–Trinajstić information content (AvgIpc) is 3.07. The fourth-order valence-electron chi connectivity index (χ4n) is 3.37. The third-order valence-corrected chi connectivity index (χ3v) is 6.54. The third-order valence-electron chi connectivity index (χ3n) is 5.08. The standard InChI is InChI=1S/C23H20Cl2N2O5S/c24-17-10-16(11-18(25)21(17)32-14-15-4-2-1-3-5-15)12-19-22(29)27(23(30)33-19)13-20(28)26-6-8-31-9-7-26/h1-5,10-12H,6-9,13-14H2/b19-12+. The molecule has 0 atom stereocenters. The molecule has 0 radical (unpaired) electrons. The summed E-state index contributed by atoms with van der Waals surface area (Å²) in [7, 11) is 0. The van der Waals surface area contributed by atoms with Crippen LogP contribution in [0, 0.1) is 0 Å². The van der Waals surface area contributed by atoms with Crippen molar-refractivity contribution in [2.75, 3.05) is 32.8 Å². The van der Waals surface area contributed by atoms with Gasteiger partial charge in [-0.2, -0.15) is 0 Å². The second kappa shape index (κ2) is 10.6. The molecule has 0 aliphatic carbocycles. The Bertz CT molecular complexity index is 1080. The van der Waals surface area contributed by atoms with Crippen LogP contribution < -0.4 is 4.74 Å². The van der Waals surface area contributed by atoms with Gasteiger partial charge in [-0.15, -0.1) is 0 Å². The van der Waals surface area contributed by atoms with Crippen LogP contribution in [-0.2, 0) is 20.9 Å². The zero-order chi connectivity index (χ0) is 23.4. The Kier molecular flexibility index (Phi) is 7.60. The van der Waals surface area contributed by atoms with Crippen molar-refractivity contribution in [3.05, 3.63) is 68.5 Å². The molecule has 0 aromatic heterocycles. The van der Waals surface area contributed by atoms with Crippen molar-refractivity contribution in [3.8, 4) is 5.75 Å². The van der Waals surface area contributed by atoms with Gasteiger partial charge in [-0.3, -0.25) is 19.3 Å². The van der Waals surface area contributed by atoms with Gasteiger partial charge in [0.05, 0.1) is 28.2 Å². The summed E-state index contributed by atoms with van der Waals surface area (Å²) in [5, 5.41) is 0.0747. The van der Waals surface area contributed by atoms with Crippen LogP contribution in [-0.4, -0.2) is 59.7 Å². The Morgan fingerprint density at radius 1 is 1.09 bits per heavy atom. The molecule has 10 heteroatoms. The predicted molar refractivity (Wildman–Crippen MR) is 127 cm³/mol. The number of rotatable bonds is 6. The molecule has 0 N–H and O–H groups in total. The number of ether oxygens (including phenoxy) is 2. The lowest BCUT2D eigenvalue weighted by Gasteiger charge is -2.28. The zero-order valence-corrected chi connectivity index (χ0v) is 19.8. The van der Waals surface area contributed by atoms with Crippen molar-refractivity contribution in [2.24, 2.45) is 0 Å². The molecule has 2 aliphatic rings. The molecule has 2 heterocycles. The van der Waals surface area contributed by atoms with Gasteiger partial charge in [0.25, 0.3) is 11.1 Å². The maximum absolute atomic E-state index is 12.8. The highest BCUT2D eigenvalue weighted by atomic mass is 35.5. The van der Waals surface area contributed by atoms with Crippen LogP contribution in [0.25, 0.3) is 6.08 Å². The number of halogens is 2. The molecular formula is C23H20Cl2N2O5S. The summed E-state index contributed by atoms with van der Waals surface area (Å²) in [6.07, 6.45) is 1.53. The molecule has 2 aliphatic heterocycles. The van der Waals surface area contributed by atoms with Crippen molar-refractivity contribution in [1.29, 1.82) is 0 Å². The highest BCUT2D eigenvalue weighted by molar-refractivity contribution is 8.18. The van der Waals surface area contributed by atoms with E-state index in [0.29, 0.717) is 44.2 Å². The van der Waals surface area contributed by atoms with E-state index in [1.54, 1.807) is 17.0 Å². The van der Waals surface area contributed by atoms with Crippen LogP contribution in [0.4, 0.5) is 4.79 Å². The molecule has 2 aromatic carbocycles. The minimum absolute atomic E-state index is 0.194. The van der Waals surface area contributed by atoms with Gasteiger partial charge in [0.15, 0.2) is 5.75 Å². The molecule has 0 unspecified atom stereocenters. The smallest absolute Gasteiger partial charge is 0.294 e. The van der Waals surface area contributed by atoms with Gasteiger partial charge in [0, 0.05) is 13.1 Å². The third kappa shape index (κ3) is 5.70. The number of morpholine rings is 1. The van der Waals surface area contributed by atoms with E-state index in [4.69, 9.17) is 32.7 Å². The number of nitrogens with zero attached hydrogens (tertiary/aromatic N) is 2. The number of thioether (sulfide) groups is 1. The quantitative estimate of drug-likeness (QED) is 0.538. The first-order chi connectivity index (χ1) is 15.9. The van der Waals surface area contributed by atoms with Crippen LogP contribution in [0.15, 0.2) is 47.4 Å². The molecule has 0 saturated carbocycles. The van der Waals surface area contributed by atoms with E-state index in [1.165, 1.54) is 6.08 Å². The lowest BCUT2D eigenvalue weighted by atomic mass is 10.2. The van der Waals surface area contributed by atoms with E-state index in [2.05, 4.69) is 0 Å². The molecule has 2 aromatic rings. The van der Waals surface area contributed by atoms with Gasteiger partial charge >= 0.3 is 0 Å². The summed E-state index contributed by atoms with van der Waals surface area (Å²) in [6, 6.07) is 12.8. The summed E-state index contributed by atoms with van der Waals surface area (Å²) in [5.74, 6) is -0.473. The van der Waals surface area contributed by atoms with E-state index in [0.717, 1.165) is 22.2 Å². The summed E-state index contributed by atoms with van der Waals surface area (Å²) < 4.78 is 11.0. The SMILES string of the molecule is O=C(CN1C(=O)S/C(=C/c2cc(Cl)c(OCc3ccccc3)c(Cl)c2)C1=O)N1CCOCC1. The number of hydrogen-bond acceptors (Lipinski definition) is 6. The van der Waals surface area contributed by atoms with Crippen LogP contribution in [0.3, 0.4) is 0 Å². The van der Waals surface area contributed by atoms with Gasteiger partial charge in [-0.05, 0) is 41.1 Å². The van der Waals surface area contributed by atoms with E-state index in [9.17, 15) is 14.4 Å². The monoisotopic (exact) mass is 506 g/mol. The number of hydrogen-bond donors (Lipinski definition) is 0. The van der Waals surface area contributed by atoms with Crippen molar-refractivity contribution in [2.45, 2.75) is 6.61 Å². The first-order valence-electron chi connectivity index (χ1n) is 10.2. The number of carbonyl (C=O) groups is 3. The summed E-state index contributed by atoms with van der Waals surface area (Å²) in [6.45, 7) is 1.78. The Labute approximate surface area is 205 Å². The highest BCUT2D eigenvalue weighted by Crippen LogP contribution is 2.37. The Morgan fingerprint density at radius 3 is 2.42 bits per heavy atom. The van der Waals surface area contributed by atoms with E-state index < -0.39 is 11.1 Å². The van der Waals surface area contributed by atoms with Gasteiger partial charge in [0.1, 0.15) is 13.2 Å². The van der Waals surface area contributed by atoms with Gasteiger partial charge in [-0.25, -0.2) is 0 Å². The molecule has 3 amide bonds. The van der Waals surface area contributed by atoms with Crippen molar-refractivity contribution >= 4 is 58.1 Å². The fraction of sp³-hybridized carbons (Fsp3) is 0.261. The zero-order valence-electron chi connectivity index (χ0n) is 17.5. The average molecular weight is 507 g/mol. The minimum Gasteiger partial charge on any atom is -0.486 e. The summed E-state index contributed by atoms with van der Waals surface area (Å²) in [4.78, 5) is 40.3. The van der Waals surface area contributed by atoms with Crippen molar-refractivity contribution in [1.82, 2.24) is 9.80 Å². The van der Waals surface area contributed by atoms with E-state index >= 15 is 0 Å². The molecule has 2 fully saturated rings. The van der Waals surface area contributed by atoms with E-state index in [-0.39, 0.29) is 27.4 Å². The molecule has 4 rings (SSSR count). The maximum atomic E-state index is 12.8. The number of amides is 3. The summed E-state index contributed by atoms with van der Waals surface area (Å²) >= 11 is 13.5. The molecule has 2 saturated heterocycles. The van der Waals surface area contributed by atoms with Crippen molar-refractivity contribution < 1.29 is 23.9 Å². The van der Waals surface area contributed by atoms with Crippen LogP contribution >= 0.6 is 35.0 Å². The lowest BCUT2D eigenvalue weighted by molar-refractivity contribution is -0.139. The van der Waals surface area contributed by atoms with Gasteiger partial charge < -0.3 is 14.4 Å². The van der Waals surface area contributed by atoms with Crippen molar-refractivity contribution in [3.63, 3.8) is 0 Å². The summed E-state index contributed by atoms with van der Waals surface area (Å²) in [5.41, 5.74) is 1.51. The fourth-order valence-corrected chi connectivity index (χ4v) is 4.82. The molecule has 0 spiro atoms. The minimum atomic E-state index is -0.525. The normalized spacial score (nSPS) is 17.7. The van der Waals surface area contributed by atoms with Crippen LogP contribution in [0.5, 0.6) is 5.75 Å². The van der Waals surface area contributed by atoms with Crippen LogP contribution in [0.1, 0.15) is 11.1 Å². The largest absolute Gasteiger partial charge is 0.486 e. The Morgan fingerprint density at radius 2 is 1.76 bits per heavy atom. The molecule has 0 bridgehead atoms.